The molecule has 0 saturated carbocycles. The van der Waals surface area contributed by atoms with E-state index in [1.165, 1.54) is 25.7 Å². The Morgan fingerprint density at radius 3 is 2.00 bits per heavy atom. The van der Waals surface area contributed by atoms with Crippen molar-refractivity contribution in [1.82, 2.24) is 14.7 Å². The molecule has 2 saturated heterocycles. The molecule has 2 aliphatic heterocycles. The van der Waals surface area contributed by atoms with Gasteiger partial charge in [-0.2, -0.15) is 0 Å². The maximum absolute atomic E-state index is 12.5. The average molecular weight is 325 g/mol. The van der Waals surface area contributed by atoms with Crippen LogP contribution < -0.4 is 0 Å². The topological polar surface area (TPSA) is 53.1 Å². The maximum Gasteiger partial charge on any atom is 0.236 e. The highest BCUT2D eigenvalue weighted by atomic mass is 16.5. The lowest BCUT2D eigenvalue weighted by atomic mass is 10.2. The van der Waals surface area contributed by atoms with Crippen LogP contribution in [0.5, 0.6) is 0 Å². The van der Waals surface area contributed by atoms with Crippen LogP contribution in [-0.4, -0.2) is 86.0 Å². The number of hydrogen-bond acceptors (Lipinski definition) is 4. The van der Waals surface area contributed by atoms with E-state index >= 15 is 0 Å². The minimum atomic E-state index is 0.133. The molecular weight excluding hydrogens is 294 g/mol. The van der Waals surface area contributed by atoms with Gasteiger partial charge in [-0.05, 0) is 32.4 Å². The zero-order chi connectivity index (χ0) is 16.5. The second kappa shape index (κ2) is 9.88. The van der Waals surface area contributed by atoms with Crippen molar-refractivity contribution in [2.75, 3.05) is 59.5 Å². The van der Waals surface area contributed by atoms with Crippen LogP contribution >= 0.6 is 0 Å². The molecule has 0 atom stereocenters. The molecule has 0 N–H and O–H groups in total. The quantitative estimate of drug-likeness (QED) is 0.755. The summed E-state index contributed by atoms with van der Waals surface area (Å²) in [6.45, 7) is 5.91. The van der Waals surface area contributed by atoms with Gasteiger partial charge in [0, 0.05) is 33.3 Å². The largest absolute Gasteiger partial charge is 0.384 e. The lowest BCUT2D eigenvalue weighted by molar-refractivity contribution is -0.134. The number of hydrogen-bond donors (Lipinski definition) is 0. The molecule has 0 aromatic carbocycles. The molecule has 0 aromatic rings. The number of methoxy groups -OCH3 is 1. The molecule has 0 unspecified atom stereocenters. The van der Waals surface area contributed by atoms with Gasteiger partial charge in [-0.3, -0.25) is 14.5 Å². The van der Waals surface area contributed by atoms with Crippen LogP contribution in [0.3, 0.4) is 0 Å². The molecule has 0 bridgehead atoms. The minimum absolute atomic E-state index is 0.133. The summed E-state index contributed by atoms with van der Waals surface area (Å²) in [5.41, 5.74) is 0. The van der Waals surface area contributed by atoms with Gasteiger partial charge in [-0.15, -0.1) is 0 Å². The molecular formula is C17H31N3O3. The second-order valence-corrected chi connectivity index (χ2v) is 6.55. The summed E-state index contributed by atoms with van der Waals surface area (Å²) in [7, 11) is 1.61. The number of nitrogens with zero attached hydrogens (tertiary/aromatic N) is 3. The van der Waals surface area contributed by atoms with E-state index in [9.17, 15) is 9.59 Å². The Bertz CT molecular complexity index is 381. The molecule has 2 heterocycles. The summed E-state index contributed by atoms with van der Waals surface area (Å²) < 4.78 is 4.97. The van der Waals surface area contributed by atoms with Crippen LogP contribution in [0.25, 0.3) is 0 Å². The van der Waals surface area contributed by atoms with E-state index in [1.807, 2.05) is 9.80 Å². The van der Waals surface area contributed by atoms with Gasteiger partial charge in [0.1, 0.15) is 0 Å². The monoisotopic (exact) mass is 325 g/mol. The highest BCUT2D eigenvalue weighted by Crippen LogP contribution is 2.11. The number of rotatable bonds is 5. The van der Waals surface area contributed by atoms with Crippen molar-refractivity contribution in [3.63, 3.8) is 0 Å². The summed E-state index contributed by atoms with van der Waals surface area (Å²) in [6.07, 6.45) is 6.27. The van der Waals surface area contributed by atoms with Crippen LogP contribution in [0.1, 0.15) is 38.5 Å². The summed E-state index contributed by atoms with van der Waals surface area (Å²) in [5, 5.41) is 0. The fourth-order valence-electron chi connectivity index (χ4n) is 3.35. The summed E-state index contributed by atoms with van der Waals surface area (Å²) in [6, 6.07) is 0. The van der Waals surface area contributed by atoms with Gasteiger partial charge in [-0.25, -0.2) is 0 Å². The molecule has 6 nitrogen and oxygen atoms in total. The molecule has 0 aromatic heterocycles. The van der Waals surface area contributed by atoms with Gasteiger partial charge in [0.15, 0.2) is 0 Å². The first-order valence-electron chi connectivity index (χ1n) is 8.97. The van der Waals surface area contributed by atoms with Gasteiger partial charge in [0.25, 0.3) is 0 Å². The number of likely N-dealkylation sites (tertiary alicyclic amines) is 1. The minimum Gasteiger partial charge on any atom is -0.384 e. The Morgan fingerprint density at radius 2 is 1.39 bits per heavy atom. The molecule has 0 spiro atoms. The zero-order valence-corrected chi connectivity index (χ0v) is 14.5. The smallest absolute Gasteiger partial charge is 0.236 e. The molecule has 0 radical (unpaired) electrons. The Morgan fingerprint density at radius 1 is 0.783 bits per heavy atom. The molecule has 0 aliphatic carbocycles. The summed E-state index contributed by atoms with van der Waals surface area (Å²) in [5.74, 6) is 0.353. The standard InChI is InChI=1S/C17H31N3O3/c1-23-14-7-16(21)19-10-6-11-20(13-12-19)17(22)15-18-8-4-2-3-5-9-18/h2-15H2,1H3. The number of carbonyl (C=O) groups excluding carboxylic acids is 2. The zero-order valence-electron chi connectivity index (χ0n) is 14.5. The SMILES string of the molecule is COCCC(=O)N1CCCN(C(=O)CN2CCCCCC2)CC1. The molecule has 2 fully saturated rings. The number of ether oxygens (including phenoxy) is 1. The van der Waals surface area contributed by atoms with Crippen molar-refractivity contribution in [3.8, 4) is 0 Å². The van der Waals surface area contributed by atoms with E-state index in [0.717, 1.165) is 32.6 Å². The second-order valence-electron chi connectivity index (χ2n) is 6.55. The van der Waals surface area contributed by atoms with Crippen LogP contribution in [0.4, 0.5) is 0 Å². The van der Waals surface area contributed by atoms with Gasteiger partial charge in [-0.1, -0.05) is 12.8 Å². The Balaban J connectivity index is 1.77. The van der Waals surface area contributed by atoms with Gasteiger partial charge in [0.2, 0.25) is 11.8 Å². The van der Waals surface area contributed by atoms with Crippen LogP contribution in [0, 0.1) is 0 Å². The number of amides is 2. The van der Waals surface area contributed by atoms with Crippen molar-refractivity contribution >= 4 is 11.8 Å². The molecule has 2 aliphatic rings. The fourth-order valence-corrected chi connectivity index (χ4v) is 3.35. The molecule has 23 heavy (non-hydrogen) atoms. The third kappa shape index (κ3) is 6.11. The van der Waals surface area contributed by atoms with Gasteiger partial charge in [0.05, 0.1) is 19.6 Å². The summed E-state index contributed by atoms with van der Waals surface area (Å²) >= 11 is 0. The van der Waals surface area contributed by atoms with E-state index in [2.05, 4.69) is 4.90 Å². The predicted molar refractivity (Wildman–Crippen MR) is 89.2 cm³/mol. The van der Waals surface area contributed by atoms with Crippen molar-refractivity contribution in [3.05, 3.63) is 0 Å². The Hall–Kier alpha value is -1.14. The molecule has 132 valence electrons. The van der Waals surface area contributed by atoms with E-state index < -0.39 is 0 Å². The van der Waals surface area contributed by atoms with Crippen molar-refractivity contribution < 1.29 is 14.3 Å². The number of carbonyl (C=O) groups is 2. The van der Waals surface area contributed by atoms with Crippen LogP contribution in [0.15, 0.2) is 0 Å². The first kappa shape index (κ1) is 18.2. The van der Waals surface area contributed by atoms with E-state index in [-0.39, 0.29) is 11.8 Å². The van der Waals surface area contributed by atoms with E-state index in [4.69, 9.17) is 4.74 Å². The van der Waals surface area contributed by atoms with Gasteiger partial charge < -0.3 is 14.5 Å². The third-order valence-corrected chi connectivity index (χ3v) is 4.78. The predicted octanol–water partition coefficient (Wildman–Crippen LogP) is 0.960. The lowest BCUT2D eigenvalue weighted by Gasteiger charge is -2.26. The highest BCUT2D eigenvalue weighted by molar-refractivity contribution is 5.79. The van der Waals surface area contributed by atoms with Crippen LogP contribution in [-0.2, 0) is 14.3 Å². The normalized spacial score (nSPS) is 20.9. The van der Waals surface area contributed by atoms with Crippen molar-refractivity contribution in [2.24, 2.45) is 0 Å². The maximum atomic E-state index is 12.5. The lowest BCUT2D eigenvalue weighted by Crippen LogP contribution is -2.43. The van der Waals surface area contributed by atoms with Crippen LogP contribution in [0.2, 0.25) is 0 Å². The highest BCUT2D eigenvalue weighted by Gasteiger charge is 2.23. The molecule has 6 heteroatoms. The third-order valence-electron chi connectivity index (χ3n) is 4.78. The fraction of sp³-hybridized carbons (Fsp3) is 0.882. The first-order valence-corrected chi connectivity index (χ1v) is 8.97. The Kier molecular flexibility index (Phi) is 7.82. The van der Waals surface area contributed by atoms with Crippen molar-refractivity contribution in [1.29, 1.82) is 0 Å². The molecule has 2 rings (SSSR count). The summed E-state index contributed by atoms with van der Waals surface area (Å²) in [4.78, 5) is 30.7. The average Bonchev–Trinajstić information content (AvgIpc) is 2.95. The Labute approximate surface area is 139 Å². The first-order chi connectivity index (χ1) is 11.2. The van der Waals surface area contributed by atoms with Gasteiger partial charge >= 0.3 is 0 Å². The van der Waals surface area contributed by atoms with E-state index in [0.29, 0.717) is 32.7 Å². The van der Waals surface area contributed by atoms with Crippen molar-refractivity contribution in [2.45, 2.75) is 38.5 Å². The van der Waals surface area contributed by atoms with E-state index in [1.54, 1.807) is 7.11 Å². The molecule has 2 amide bonds.